The molecule has 1 fully saturated rings. The molecule has 192 valence electrons. The number of carbonyl (C=O) groups is 2. The van der Waals surface area contributed by atoms with E-state index in [4.69, 9.17) is 14.0 Å². The number of nitrogens with zero attached hydrogens (tertiary/aromatic N) is 2. The average Bonchev–Trinajstić information content (AvgIpc) is 3.65. The van der Waals surface area contributed by atoms with E-state index in [0.29, 0.717) is 12.3 Å². The van der Waals surface area contributed by atoms with Crippen molar-refractivity contribution >= 4 is 12.0 Å². The van der Waals surface area contributed by atoms with Gasteiger partial charge in [0.1, 0.15) is 30.0 Å². The summed E-state index contributed by atoms with van der Waals surface area (Å²) >= 11 is 0. The second-order valence-electron chi connectivity index (χ2n) is 9.00. The van der Waals surface area contributed by atoms with Crippen LogP contribution in [0.2, 0.25) is 0 Å². The number of hydrogen-bond donors (Lipinski definition) is 2. The molecule has 1 aliphatic rings. The quantitative estimate of drug-likeness (QED) is 0.332. The molecule has 2 amide bonds. The van der Waals surface area contributed by atoms with Gasteiger partial charge in [-0.3, -0.25) is 4.79 Å². The number of H-pyrrole nitrogens is 1. The normalized spacial score (nSPS) is 16.4. The lowest BCUT2D eigenvalue weighted by Gasteiger charge is -2.30. The van der Waals surface area contributed by atoms with Crippen LogP contribution in [0.15, 0.2) is 47.0 Å². The van der Waals surface area contributed by atoms with Crippen LogP contribution in [-0.4, -0.2) is 53.7 Å². The van der Waals surface area contributed by atoms with Gasteiger partial charge in [0.15, 0.2) is 0 Å². The van der Waals surface area contributed by atoms with E-state index in [1.54, 1.807) is 11.1 Å². The molecule has 0 unspecified atom stereocenters. The Balaban J connectivity index is 1.47. The van der Waals surface area contributed by atoms with E-state index in [-0.39, 0.29) is 24.5 Å². The average molecular weight is 497 g/mol. The number of aromatic nitrogens is 2. The molecule has 1 aliphatic heterocycles. The Morgan fingerprint density at radius 2 is 1.92 bits per heavy atom. The highest BCUT2D eigenvalue weighted by molar-refractivity contribution is 5.86. The molecule has 0 aliphatic carbocycles. The highest BCUT2D eigenvalue weighted by atomic mass is 17.2. The van der Waals surface area contributed by atoms with E-state index < -0.39 is 12.1 Å². The molecule has 3 aromatic rings. The van der Waals surface area contributed by atoms with Gasteiger partial charge in [0.25, 0.3) is 0 Å². The number of alkyl carbamates (subject to hydrolysis) is 1. The summed E-state index contributed by atoms with van der Waals surface area (Å²) in [6.45, 7) is 4.65. The van der Waals surface area contributed by atoms with Crippen molar-refractivity contribution < 1.29 is 28.5 Å². The van der Waals surface area contributed by atoms with Crippen LogP contribution < -0.4 is 5.32 Å². The molecule has 2 atom stereocenters. The summed E-state index contributed by atoms with van der Waals surface area (Å²) in [7, 11) is 2.74. The fourth-order valence-electron chi connectivity index (χ4n) is 4.39. The van der Waals surface area contributed by atoms with E-state index in [9.17, 15) is 9.59 Å². The number of hydrogen-bond acceptors (Lipinski definition) is 7. The lowest BCUT2D eigenvalue weighted by molar-refractivity contribution is -0.284. The first-order valence-electron chi connectivity index (χ1n) is 12.0. The van der Waals surface area contributed by atoms with Crippen molar-refractivity contribution in [2.45, 2.75) is 45.4 Å². The number of ether oxygens (including phenoxy) is 1. The maximum atomic E-state index is 13.3. The van der Waals surface area contributed by atoms with Crippen LogP contribution >= 0.6 is 0 Å². The van der Waals surface area contributed by atoms with Gasteiger partial charge in [-0.1, -0.05) is 38.1 Å². The predicted molar refractivity (Wildman–Crippen MR) is 131 cm³/mol. The van der Waals surface area contributed by atoms with Gasteiger partial charge in [-0.25, -0.2) is 19.6 Å². The highest BCUT2D eigenvalue weighted by Gasteiger charge is 2.37. The van der Waals surface area contributed by atoms with Crippen LogP contribution in [0.5, 0.6) is 0 Å². The van der Waals surface area contributed by atoms with Crippen molar-refractivity contribution in [2.75, 3.05) is 20.8 Å². The van der Waals surface area contributed by atoms with Gasteiger partial charge in [-0.15, -0.1) is 0 Å². The molecule has 36 heavy (non-hydrogen) atoms. The molecule has 10 nitrogen and oxygen atoms in total. The molecule has 0 radical (unpaired) electrons. The molecule has 1 saturated heterocycles. The van der Waals surface area contributed by atoms with Crippen LogP contribution in [0.25, 0.3) is 22.6 Å². The Morgan fingerprint density at radius 1 is 1.17 bits per heavy atom. The zero-order chi connectivity index (χ0) is 25.7. The third-order valence-electron chi connectivity index (χ3n) is 6.30. The van der Waals surface area contributed by atoms with E-state index in [0.717, 1.165) is 41.2 Å². The van der Waals surface area contributed by atoms with Crippen molar-refractivity contribution in [2.24, 2.45) is 5.92 Å². The van der Waals surface area contributed by atoms with Crippen molar-refractivity contribution in [3.05, 3.63) is 54.2 Å². The van der Waals surface area contributed by atoms with Gasteiger partial charge < -0.3 is 24.4 Å². The van der Waals surface area contributed by atoms with E-state index in [1.165, 1.54) is 14.2 Å². The van der Waals surface area contributed by atoms with Crippen LogP contribution in [-0.2, 0) is 25.9 Å². The number of carbonyl (C=O) groups excluding carboxylic acids is 2. The topological polar surface area (TPSA) is 119 Å². The number of rotatable bonds is 9. The van der Waals surface area contributed by atoms with Gasteiger partial charge in [-0.2, -0.15) is 0 Å². The lowest BCUT2D eigenvalue weighted by atomic mass is 10.0. The Morgan fingerprint density at radius 3 is 2.61 bits per heavy atom. The van der Waals surface area contributed by atoms with Gasteiger partial charge in [-0.05, 0) is 36.5 Å². The second kappa shape index (κ2) is 11.4. The van der Waals surface area contributed by atoms with Gasteiger partial charge >= 0.3 is 6.09 Å². The summed E-state index contributed by atoms with van der Waals surface area (Å²) < 4.78 is 10.5. The zero-order valence-corrected chi connectivity index (χ0v) is 20.9. The number of amides is 2. The monoisotopic (exact) mass is 496 g/mol. The van der Waals surface area contributed by atoms with Crippen LogP contribution in [0.1, 0.15) is 44.3 Å². The van der Waals surface area contributed by atoms with E-state index in [1.807, 2.05) is 50.2 Å². The molecule has 4 rings (SSSR count). The largest absolute Gasteiger partial charge is 0.459 e. The Kier molecular flexibility index (Phi) is 8.07. The molecule has 0 bridgehead atoms. The van der Waals surface area contributed by atoms with Crippen molar-refractivity contribution in [1.29, 1.82) is 0 Å². The molecular weight excluding hydrogens is 464 g/mol. The maximum Gasteiger partial charge on any atom is 0.407 e. The summed E-state index contributed by atoms with van der Waals surface area (Å²) in [4.78, 5) is 44.4. The Labute approximate surface area is 209 Å². The Hall–Kier alpha value is -3.63. The lowest BCUT2D eigenvalue weighted by Crippen LogP contribution is -2.51. The van der Waals surface area contributed by atoms with Gasteiger partial charge in [0.2, 0.25) is 5.91 Å². The number of benzene rings is 1. The number of aromatic amines is 1. The highest BCUT2D eigenvalue weighted by Crippen LogP contribution is 2.33. The standard InChI is InChI=1S/C26H32N4O6/c1-16(2)23(29-26(32)33-3)25(31)30-13-5-6-21(30)24-27-14-20(28-24)17-7-9-18(10-8-17)22-12-11-19(36-22)15-35-34-4/h7-12,14,16,21,23H,5-6,13,15H2,1-4H3,(H,27,28)(H,29,32)/t21-,23-/m0/s1. The van der Waals surface area contributed by atoms with Gasteiger partial charge in [0.05, 0.1) is 32.2 Å². The smallest absolute Gasteiger partial charge is 0.407 e. The van der Waals surface area contributed by atoms with Crippen LogP contribution in [0, 0.1) is 5.92 Å². The summed E-state index contributed by atoms with van der Waals surface area (Å²) in [6.07, 6.45) is 2.83. The van der Waals surface area contributed by atoms with Crippen LogP contribution in [0.4, 0.5) is 4.79 Å². The zero-order valence-electron chi connectivity index (χ0n) is 20.9. The van der Waals surface area contributed by atoms with Crippen molar-refractivity contribution in [3.63, 3.8) is 0 Å². The molecule has 2 aromatic heterocycles. The van der Waals surface area contributed by atoms with Gasteiger partial charge in [0, 0.05) is 12.1 Å². The third kappa shape index (κ3) is 5.60. The first-order chi connectivity index (χ1) is 17.4. The minimum Gasteiger partial charge on any atom is -0.459 e. The fraction of sp³-hybridized carbons (Fsp3) is 0.423. The maximum absolute atomic E-state index is 13.3. The molecular formula is C26H32N4O6. The second-order valence-corrected chi connectivity index (χ2v) is 9.00. The first kappa shape index (κ1) is 25.5. The summed E-state index contributed by atoms with van der Waals surface area (Å²) in [6, 6.07) is 10.8. The molecule has 0 spiro atoms. The molecule has 1 aromatic carbocycles. The molecule has 2 N–H and O–H groups in total. The minimum atomic E-state index is -0.664. The SMILES string of the molecule is COOCc1ccc(-c2ccc(-c3cnc([C@@H]4CCCN4C(=O)[C@@H](NC(=O)OC)C(C)C)[nH]3)cc2)o1. The number of methoxy groups -OCH3 is 1. The number of furan rings is 1. The summed E-state index contributed by atoms with van der Waals surface area (Å²) in [5, 5.41) is 2.67. The Bertz CT molecular complexity index is 1170. The predicted octanol–water partition coefficient (Wildman–Crippen LogP) is 4.46. The van der Waals surface area contributed by atoms with E-state index >= 15 is 0 Å². The number of imidazole rings is 1. The summed E-state index contributed by atoms with van der Waals surface area (Å²) in [5.41, 5.74) is 2.76. The summed E-state index contributed by atoms with van der Waals surface area (Å²) in [5.74, 6) is 1.93. The number of nitrogens with one attached hydrogen (secondary N) is 2. The molecule has 10 heteroatoms. The number of likely N-dealkylation sites (tertiary alicyclic amines) is 1. The first-order valence-corrected chi connectivity index (χ1v) is 12.0. The minimum absolute atomic E-state index is 0.0822. The molecule has 0 saturated carbocycles. The van der Waals surface area contributed by atoms with Crippen molar-refractivity contribution in [1.82, 2.24) is 20.2 Å². The molecule has 3 heterocycles. The van der Waals surface area contributed by atoms with E-state index in [2.05, 4.69) is 20.2 Å². The van der Waals surface area contributed by atoms with Crippen LogP contribution in [0.3, 0.4) is 0 Å². The fourth-order valence-corrected chi connectivity index (χ4v) is 4.39. The van der Waals surface area contributed by atoms with Crippen molar-refractivity contribution in [3.8, 4) is 22.6 Å². The third-order valence-corrected chi connectivity index (χ3v) is 6.30.